The number of hydrogen-bond donors (Lipinski definition) is 1. The van der Waals surface area contributed by atoms with E-state index in [0.29, 0.717) is 23.0 Å². The molecule has 3 rings (SSSR count). The zero-order chi connectivity index (χ0) is 14.3. The summed E-state index contributed by atoms with van der Waals surface area (Å²) in [5.74, 6) is -0.682. The number of carbonyl (C=O) groups excluding carboxylic acids is 1. The summed E-state index contributed by atoms with van der Waals surface area (Å²) < 4.78 is 0. The number of rotatable bonds is 2. The Morgan fingerprint density at radius 1 is 1.30 bits per heavy atom. The quantitative estimate of drug-likeness (QED) is 0.912. The van der Waals surface area contributed by atoms with Gasteiger partial charge in [-0.15, -0.1) is 0 Å². The van der Waals surface area contributed by atoms with E-state index in [0.717, 1.165) is 19.3 Å². The van der Waals surface area contributed by atoms with Gasteiger partial charge in [-0.05, 0) is 42.9 Å². The van der Waals surface area contributed by atoms with E-state index in [-0.39, 0.29) is 11.8 Å². The Labute approximate surface area is 122 Å². The van der Waals surface area contributed by atoms with E-state index in [1.807, 2.05) is 0 Å². The lowest BCUT2D eigenvalue weighted by atomic mass is 9.94. The minimum atomic E-state index is -0.894. The second-order valence-corrected chi connectivity index (χ2v) is 6.04. The second kappa shape index (κ2) is 5.09. The highest BCUT2D eigenvalue weighted by atomic mass is 35.5. The Hall–Kier alpha value is -1.55. The molecule has 1 saturated carbocycles. The van der Waals surface area contributed by atoms with Crippen LogP contribution in [0.4, 0.5) is 0 Å². The van der Waals surface area contributed by atoms with Gasteiger partial charge in [0.1, 0.15) is 6.04 Å². The molecule has 1 aromatic rings. The number of hydrogen-bond acceptors (Lipinski definition) is 2. The van der Waals surface area contributed by atoms with Crippen molar-refractivity contribution in [3.8, 4) is 0 Å². The first kappa shape index (κ1) is 13.4. The van der Waals surface area contributed by atoms with Crippen LogP contribution in [0.2, 0.25) is 5.02 Å². The highest BCUT2D eigenvalue weighted by Crippen LogP contribution is 2.42. The number of likely N-dealkylation sites (tertiary alicyclic amines) is 1. The van der Waals surface area contributed by atoms with Gasteiger partial charge in [0, 0.05) is 17.1 Å². The number of fused-ring (bicyclic) bond motifs is 1. The van der Waals surface area contributed by atoms with Gasteiger partial charge < -0.3 is 10.0 Å². The maximum atomic E-state index is 12.5. The molecule has 5 heteroatoms. The standard InChI is InChI=1S/C15H16ClNO3/c16-11-5-1-3-9(7-11)14(18)17-8-10-4-2-6-12(10)13(17)15(19)20/h1,3,5,7,10,12-13H,2,4,6,8H2,(H,19,20). The van der Waals surface area contributed by atoms with Gasteiger partial charge in [-0.25, -0.2) is 4.79 Å². The van der Waals surface area contributed by atoms with E-state index >= 15 is 0 Å². The topological polar surface area (TPSA) is 57.6 Å². The third-order valence-electron chi connectivity index (χ3n) is 4.48. The third kappa shape index (κ3) is 2.18. The zero-order valence-corrected chi connectivity index (χ0v) is 11.7. The number of halogens is 1. The first-order valence-corrected chi connectivity index (χ1v) is 7.25. The molecular formula is C15H16ClNO3. The van der Waals surface area contributed by atoms with Crippen molar-refractivity contribution in [2.24, 2.45) is 11.8 Å². The Bertz CT molecular complexity index is 560. The van der Waals surface area contributed by atoms with Gasteiger partial charge in [-0.2, -0.15) is 0 Å². The third-order valence-corrected chi connectivity index (χ3v) is 4.71. The molecule has 2 aliphatic rings. The van der Waals surface area contributed by atoms with Gasteiger partial charge in [0.25, 0.3) is 5.91 Å². The fraction of sp³-hybridized carbons (Fsp3) is 0.467. The molecule has 4 nitrogen and oxygen atoms in total. The minimum Gasteiger partial charge on any atom is -0.480 e. The lowest BCUT2D eigenvalue weighted by molar-refractivity contribution is -0.142. The first-order chi connectivity index (χ1) is 9.58. The van der Waals surface area contributed by atoms with Crippen molar-refractivity contribution in [1.29, 1.82) is 0 Å². The summed E-state index contributed by atoms with van der Waals surface area (Å²) in [5.41, 5.74) is 0.462. The van der Waals surface area contributed by atoms with E-state index in [4.69, 9.17) is 11.6 Å². The van der Waals surface area contributed by atoms with Crippen LogP contribution < -0.4 is 0 Å². The van der Waals surface area contributed by atoms with Gasteiger partial charge in [0.2, 0.25) is 0 Å². The molecule has 1 amide bonds. The van der Waals surface area contributed by atoms with Crippen molar-refractivity contribution >= 4 is 23.5 Å². The number of benzene rings is 1. The SMILES string of the molecule is O=C(O)C1C2CCCC2CN1C(=O)c1cccc(Cl)c1. The van der Waals surface area contributed by atoms with Crippen LogP contribution in [-0.2, 0) is 4.79 Å². The van der Waals surface area contributed by atoms with Crippen LogP contribution in [0.1, 0.15) is 29.6 Å². The maximum Gasteiger partial charge on any atom is 0.326 e. The molecule has 1 aliphatic carbocycles. The number of nitrogens with zero attached hydrogens (tertiary/aromatic N) is 1. The van der Waals surface area contributed by atoms with Crippen LogP contribution >= 0.6 is 11.6 Å². The van der Waals surface area contributed by atoms with E-state index in [9.17, 15) is 14.7 Å². The molecule has 1 aliphatic heterocycles. The molecule has 0 radical (unpaired) electrons. The van der Waals surface area contributed by atoms with Gasteiger partial charge >= 0.3 is 5.97 Å². The van der Waals surface area contributed by atoms with Gasteiger partial charge in [-0.3, -0.25) is 4.79 Å². The summed E-state index contributed by atoms with van der Waals surface area (Å²) in [6.45, 7) is 0.549. The van der Waals surface area contributed by atoms with Crippen LogP contribution in [0.3, 0.4) is 0 Å². The Morgan fingerprint density at radius 3 is 2.80 bits per heavy atom. The molecule has 0 bridgehead atoms. The van der Waals surface area contributed by atoms with Gasteiger partial charge in [0.05, 0.1) is 0 Å². The molecule has 1 heterocycles. The van der Waals surface area contributed by atoms with Crippen molar-refractivity contribution < 1.29 is 14.7 Å². The molecule has 3 unspecified atom stereocenters. The highest BCUT2D eigenvalue weighted by molar-refractivity contribution is 6.31. The second-order valence-electron chi connectivity index (χ2n) is 5.61. The predicted molar refractivity (Wildman–Crippen MR) is 74.7 cm³/mol. The lowest BCUT2D eigenvalue weighted by Crippen LogP contribution is -2.43. The summed E-state index contributed by atoms with van der Waals surface area (Å²) in [4.78, 5) is 25.6. The smallest absolute Gasteiger partial charge is 0.326 e. The first-order valence-electron chi connectivity index (χ1n) is 6.87. The number of carboxylic acids is 1. The van der Waals surface area contributed by atoms with Crippen molar-refractivity contribution in [2.75, 3.05) is 6.54 Å². The predicted octanol–water partition coefficient (Wildman–Crippen LogP) is 2.67. The van der Waals surface area contributed by atoms with Crippen LogP contribution in [0, 0.1) is 11.8 Å². The molecular weight excluding hydrogens is 278 g/mol. The Balaban J connectivity index is 1.89. The van der Waals surface area contributed by atoms with Crippen molar-refractivity contribution in [2.45, 2.75) is 25.3 Å². The van der Waals surface area contributed by atoms with E-state index in [2.05, 4.69) is 0 Å². The van der Waals surface area contributed by atoms with Crippen LogP contribution in [0.25, 0.3) is 0 Å². The van der Waals surface area contributed by atoms with E-state index in [1.165, 1.54) is 4.90 Å². The fourth-order valence-electron chi connectivity index (χ4n) is 3.62. The van der Waals surface area contributed by atoms with E-state index in [1.54, 1.807) is 24.3 Å². The van der Waals surface area contributed by atoms with Crippen molar-refractivity contribution in [1.82, 2.24) is 4.90 Å². The molecule has 1 N–H and O–H groups in total. The molecule has 1 aromatic carbocycles. The molecule has 2 fully saturated rings. The minimum absolute atomic E-state index is 0.107. The zero-order valence-electron chi connectivity index (χ0n) is 11.0. The largest absolute Gasteiger partial charge is 0.480 e. The summed E-state index contributed by atoms with van der Waals surface area (Å²) in [7, 11) is 0. The normalized spacial score (nSPS) is 28.4. The highest BCUT2D eigenvalue weighted by Gasteiger charge is 2.49. The summed E-state index contributed by atoms with van der Waals surface area (Å²) >= 11 is 5.90. The fourth-order valence-corrected chi connectivity index (χ4v) is 3.81. The Morgan fingerprint density at radius 2 is 2.10 bits per heavy atom. The molecule has 0 spiro atoms. The number of carboxylic acid groups (broad SMARTS) is 1. The van der Waals surface area contributed by atoms with E-state index < -0.39 is 12.0 Å². The Kier molecular flexibility index (Phi) is 3.42. The van der Waals surface area contributed by atoms with Gasteiger partial charge in [0.15, 0.2) is 0 Å². The molecule has 0 aromatic heterocycles. The van der Waals surface area contributed by atoms with Crippen LogP contribution in [0.15, 0.2) is 24.3 Å². The number of carbonyl (C=O) groups is 2. The van der Waals surface area contributed by atoms with Crippen LogP contribution in [-0.4, -0.2) is 34.5 Å². The molecule has 20 heavy (non-hydrogen) atoms. The molecule has 106 valence electrons. The average molecular weight is 294 g/mol. The number of amides is 1. The molecule has 3 atom stereocenters. The van der Waals surface area contributed by atoms with Crippen molar-refractivity contribution in [3.05, 3.63) is 34.9 Å². The average Bonchev–Trinajstić information content (AvgIpc) is 2.96. The van der Waals surface area contributed by atoms with Crippen molar-refractivity contribution in [3.63, 3.8) is 0 Å². The maximum absolute atomic E-state index is 12.5. The number of aliphatic carboxylic acids is 1. The summed E-state index contributed by atoms with van der Waals surface area (Å²) in [6.07, 6.45) is 2.99. The van der Waals surface area contributed by atoms with Crippen LogP contribution in [0.5, 0.6) is 0 Å². The lowest BCUT2D eigenvalue weighted by Gasteiger charge is -2.24. The monoisotopic (exact) mass is 293 g/mol. The van der Waals surface area contributed by atoms with Gasteiger partial charge in [-0.1, -0.05) is 24.1 Å². The molecule has 1 saturated heterocycles. The summed E-state index contributed by atoms with van der Waals surface area (Å²) in [5, 5.41) is 9.95. The summed E-state index contributed by atoms with van der Waals surface area (Å²) in [6, 6.07) is 6.00.